The van der Waals surface area contributed by atoms with Gasteiger partial charge in [0.25, 0.3) is 0 Å². The first-order valence-electron chi connectivity index (χ1n) is 8.32. The molecule has 0 amide bonds. The molecule has 0 heterocycles. The van der Waals surface area contributed by atoms with Crippen LogP contribution in [0.5, 0.6) is 5.75 Å². The minimum absolute atomic E-state index is 0.340. The van der Waals surface area contributed by atoms with Gasteiger partial charge in [0.1, 0.15) is 5.75 Å². The molecule has 27 heavy (non-hydrogen) atoms. The Balaban J connectivity index is 0.000000465. The molecule has 3 aromatic rings. The maximum absolute atomic E-state index is 10.5. The molecule has 3 rings (SSSR count). The number of aromatic hydroxyl groups is 1. The van der Waals surface area contributed by atoms with E-state index in [4.69, 9.17) is 19.2 Å². The van der Waals surface area contributed by atoms with Gasteiger partial charge in [-0.25, -0.2) is 4.57 Å². The van der Waals surface area contributed by atoms with Crippen molar-refractivity contribution in [2.45, 2.75) is 20.3 Å². The Kier molecular flexibility index (Phi) is 6.58. The number of hydrogen-bond donors (Lipinski definition) is 4. The van der Waals surface area contributed by atoms with Gasteiger partial charge in [0.05, 0.1) is 0 Å². The highest BCUT2D eigenvalue weighted by Crippen LogP contribution is 2.38. The number of benzene rings is 3. The topological polar surface area (TPSA) is 98.0 Å². The van der Waals surface area contributed by atoms with Crippen LogP contribution in [-0.2, 0) is 11.0 Å². The molecule has 3 aromatic carbocycles. The number of aryl methyl sites for hydroxylation is 2. The lowest BCUT2D eigenvalue weighted by Crippen LogP contribution is -1.93. The summed E-state index contributed by atoms with van der Waals surface area (Å²) in [5, 5.41) is 12.7. The third-order valence-corrected chi connectivity index (χ3v) is 4.28. The van der Waals surface area contributed by atoms with Gasteiger partial charge in [0.15, 0.2) is 0 Å². The summed E-state index contributed by atoms with van der Waals surface area (Å²) in [4.78, 5) is 21.6. The zero-order valence-electron chi connectivity index (χ0n) is 15.3. The number of phenolic OH excluding ortho intramolecular Hbond substituents is 1. The van der Waals surface area contributed by atoms with Gasteiger partial charge in [-0.1, -0.05) is 48.5 Å². The maximum Gasteiger partial charge on any atom is 0.466 e. The predicted octanol–water partition coefficient (Wildman–Crippen LogP) is 4.63. The van der Waals surface area contributed by atoms with E-state index >= 15 is 0 Å². The van der Waals surface area contributed by atoms with E-state index in [-0.39, 0.29) is 0 Å². The Morgan fingerprint density at radius 1 is 1.00 bits per heavy atom. The van der Waals surface area contributed by atoms with E-state index in [1.165, 1.54) is 16.5 Å². The molecular weight excluding hydrogens is 363 g/mol. The van der Waals surface area contributed by atoms with Crippen molar-refractivity contribution >= 4 is 18.6 Å². The third-order valence-electron chi connectivity index (χ3n) is 4.28. The second kappa shape index (κ2) is 8.51. The molecule has 0 bridgehead atoms. The maximum atomic E-state index is 10.5. The number of fused-ring (bicyclic) bond motifs is 1. The monoisotopic (exact) mass is 386 g/mol. The molecule has 6 heteroatoms. The predicted molar refractivity (Wildman–Crippen MR) is 109 cm³/mol. The molecule has 0 saturated heterocycles. The minimum Gasteiger partial charge on any atom is -0.508 e. The zero-order chi connectivity index (χ0) is 20.2. The van der Waals surface area contributed by atoms with E-state index in [0.29, 0.717) is 12.2 Å². The zero-order valence-corrected chi connectivity index (χ0v) is 16.1. The van der Waals surface area contributed by atoms with Crippen molar-refractivity contribution in [3.05, 3.63) is 77.9 Å². The Labute approximate surface area is 158 Å². The summed E-state index contributed by atoms with van der Waals surface area (Å²) in [6.07, 6.45) is 2.49. The summed E-state index contributed by atoms with van der Waals surface area (Å²) in [6.45, 7) is 8.07. The fourth-order valence-corrected chi connectivity index (χ4v) is 2.95. The van der Waals surface area contributed by atoms with Crippen LogP contribution in [-0.4, -0.2) is 19.8 Å². The fourth-order valence-electron chi connectivity index (χ4n) is 2.95. The van der Waals surface area contributed by atoms with Crippen molar-refractivity contribution in [3.8, 4) is 16.9 Å². The largest absolute Gasteiger partial charge is 0.508 e. The highest BCUT2D eigenvalue weighted by atomic mass is 31.2. The van der Waals surface area contributed by atoms with Crippen LogP contribution < -0.4 is 0 Å². The molecule has 142 valence electrons. The van der Waals surface area contributed by atoms with Gasteiger partial charge >= 0.3 is 7.82 Å². The van der Waals surface area contributed by atoms with Crippen LogP contribution in [0.3, 0.4) is 0 Å². The number of hydrogen-bond acceptors (Lipinski definition) is 2. The summed E-state index contributed by atoms with van der Waals surface area (Å²) in [7, 11) is -4.64. The molecule has 0 radical (unpaired) electrons. The van der Waals surface area contributed by atoms with Crippen molar-refractivity contribution in [1.29, 1.82) is 0 Å². The number of rotatable bonds is 3. The molecule has 0 spiro atoms. The summed E-state index contributed by atoms with van der Waals surface area (Å²) in [5.74, 6) is 0.340. The first-order valence-corrected chi connectivity index (χ1v) is 9.88. The van der Waals surface area contributed by atoms with E-state index in [1.54, 1.807) is 0 Å². The van der Waals surface area contributed by atoms with Crippen molar-refractivity contribution in [1.82, 2.24) is 0 Å². The molecule has 0 atom stereocenters. The first-order chi connectivity index (χ1) is 12.6. The number of phosphoric acid groups is 1. The van der Waals surface area contributed by atoms with E-state index in [2.05, 4.69) is 44.7 Å². The Bertz CT molecular complexity index is 1010. The lowest BCUT2D eigenvalue weighted by Gasteiger charge is -2.15. The highest BCUT2D eigenvalue weighted by Gasteiger charge is 2.14. The first kappa shape index (κ1) is 20.9. The number of allylic oxidation sites excluding steroid dienone is 1. The van der Waals surface area contributed by atoms with Crippen LogP contribution in [0.1, 0.15) is 16.7 Å². The highest BCUT2D eigenvalue weighted by molar-refractivity contribution is 7.45. The van der Waals surface area contributed by atoms with E-state index in [9.17, 15) is 5.11 Å². The Morgan fingerprint density at radius 2 is 1.63 bits per heavy atom. The van der Waals surface area contributed by atoms with E-state index < -0.39 is 7.82 Å². The van der Waals surface area contributed by atoms with Gasteiger partial charge in [-0.05, 0) is 59.4 Å². The SMILES string of the molecule is C=CCc1c(O)cc2ccccc2c1-c1ccc(C)c(C)c1.O=P(O)(O)O. The molecule has 0 fully saturated rings. The van der Waals surface area contributed by atoms with Gasteiger partial charge in [0, 0.05) is 5.56 Å². The molecule has 0 saturated carbocycles. The standard InChI is InChI=1S/C21H20O.H3O4P/c1-4-7-19-20(22)13-16-8-5-6-9-18(16)21(19)17-11-10-14(2)15(3)12-17;1-5(2,3)4/h4-6,8-13,22H,1,7H2,2-3H3;(H3,1,2,3,4). The molecule has 0 aliphatic rings. The Hall–Kier alpha value is -2.43. The van der Waals surface area contributed by atoms with E-state index in [1.807, 2.05) is 30.3 Å². The van der Waals surface area contributed by atoms with Crippen molar-refractivity contribution in [2.24, 2.45) is 0 Å². The molecule has 0 aliphatic heterocycles. The summed E-state index contributed by atoms with van der Waals surface area (Å²) in [5.41, 5.74) is 5.73. The third kappa shape index (κ3) is 5.52. The second-order valence-corrected chi connectivity index (χ2v) is 7.30. The summed E-state index contributed by atoms with van der Waals surface area (Å²) < 4.78 is 8.88. The van der Waals surface area contributed by atoms with Crippen LogP contribution in [0.2, 0.25) is 0 Å². The lowest BCUT2D eigenvalue weighted by atomic mass is 9.89. The van der Waals surface area contributed by atoms with Gasteiger partial charge in [-0.15, -0.1) is 6.58 Å². The smallest absolute Gasteiger partial charge is 0.466 e. The molecule has 0 unspecified atom stereocenters. The van der Waals surface area contributed by atoms with Gasteiger partial charge in [-0.3, -0.25) is 0 Å². The van der Waals surface area contributed by atoms with Crippen molar-refractivity contribution in [3.63, 3.8) is 0 Å². The van der Waals surface area contributed by atoms with Crippen molar-refractivity contribution in [2.75, 3.05) is 0 Å². The van der Waals surface area contributed by atoms with E-state index in [0.717, 1.165) is 22.1 Å². The van der Waals surface area contributed by atoms with Crippen molar-refractivity contribution < 1.29 is 24.4 Å². The lowest BCUT2D eigenvalue weighted by molar-refractivity contribution is 0.275. The molecule has 5 nitrogen and oxygen atoms in total. The summed E-state index contributed by atoms with van der Waals surface area (Å²) >= 11 is 0. The van der Waals surface area contributed by atoms with Gasteiger partial charge < -0.3 is 19.8 Å². The van der Waals surface area contributed by atoms with Gasteiger partial charge in [0.2, 0.25) is 0 Å². The fraction of sp³-hybridized carbons (Fsp3) is 0.143. The molecule has 0 aliphatic carbocycles. The normalized spacial score (nSPS) is 11.0. The van der Waals surface area contributed by atoms with Gasteiger partial charge in [-0.2, -0.15) is 0 Å². The van der Waals surface area contributed by atoms with Crippen LogP contribution in [0.4, 0.5) is 0 Å². The van der Waals surface area contributed by atoms with Crippen LogP contribution >= 0.6 is 7.82 Å². The van der Waals surface area contributed by atoms with Crippen LogP contribution in [0, 0.1) is 13.8 Å². The van der Waals surface area contributed by atoms with Crippen LogP contribution in [0.25, 0.3) is 21.9 Å². The number of phenols is 1. The minimum atomic E-state index is -4.64. The Morgan fingerprint density at radius 3 is 2.22 bits per heavy atom. The summed E-state index contributed by atoms with van der Waals surface area (Å²) in [6, 6.07) is 16.5. The second-order valence-electron chi connectivity index (χ2n) is 6.28. The molecular formula is C21H23O5P. The average molecular weight is 386 g/mol. The average Bonchev–Trinajstić information content (AvgIpc) is 2.57. The quantitative estimate of drug-likeness (QED) is 0.389. The molecule has 4 N–H and O–H groups in total. The molecule has 0 aromatic heterocycles. The van der Waals surface area contributed by atoms with Crippen LogP contribution in [0.15, 0.2) is 61.2 Å².